The number of rotatable bonds is 4. The lowest BCUT2D eigenvalue weighted by Crippen LogP contribution is -2.12. The van der Waals surface area contributed by atoms with E-state index in [1.54, 1.807) is 22.0 Å². The van der Waals surface area contributed by atoms with Gasteiger partial charge in [0.1, 0.15) is 25.3 Å². The number of carbonyl (C=O) groups excluding carboxylic acids is 1. The van der Waals surface area contributed by atoms with E-state index in [-0.39, 0.29) is 5.78 Å². The van der Waals surface area contributed by atoms with Gasteiger partial charge in [-0.1, -0.05) is 24.3 Å². The Bertz CT molecular complexity index is 1140. The molecule has 0 spiro atoms. The van der Waals surface area contributed by atoms with Crippen molar-refractivity contribution < 1.29 is 4.79 Å². The van der Waals surface area contributed by atoms with E-state index >= 15 is 0 Å². The smallest absolute Gasteiger partial charge is 0.185 e. The first-order valence-corrected chi connectivity index (χ1v) is 10.1. The van der Waals surface area contributed by atoms with Crippen molar-refractivity contribution >= 4 is 17.9 Å². The van der Waals surface area contributed by atoms with Gasteiger partial charge < -0.3 is 0 Å². The first-order valence-electron chi connectivity index (χ1n) is 10.1. The van der Waals surface area contributed by atoms with Crippen LogP contribution in [0.3, 0.4) is 0 Å². The average molecular weight is 408 g/mol. The second-order valence-electron chi connectivity index (χ2n) is 7.38. The third kappa shape index (κ3) is 4.11. The molecule has 4 aromatic rings. The van der Waals surface area contributed by atoms with Gasteiger partial charge in [0, 0.05) is 11.1 Å². The molecule has 0 aliphatic heterocycles. The Morgan fingerprint density at radius 3 is 1.52 bits per heavy atom. The van der Waals surface area contributed by atoms with Crippen LogP contribution in [0, 0.1) is 0 Å². The number of nitrogens with zero attached hydrogens (tertiary/aromatic N) is 6. The molecule has 2 heterocycles. The van der Waals surface area contributed by atoms with Gasteiger partial charge in [-0.3, -0.25) is 4.79 Å². The summed E-state index contributed by atoms with van der Waals surface area (Å²) in [6, 6.07) is 15.9. The molecule has 152 valence electrons. The molecule has 7 nitrogen and oxygen atoms in total. The minimum atomic E-state index is 0.131. The summed E-state index contributed by atoms with van der Waals surface area (Å²) in [4.78, 5) is 21.0. The largest absolute Gasteiger partial charge is 0.289 e. The molecule has 5 rings (SSSR count). The molecule has 1 fully saturated rings. The minimum Gasteiger partial charge on any atom is -0.289 e. The van der Waals surface area contributed by atoms with Crippen molar-refractivity contribution in [1.29, 1.82) is 0 Å². The zero-order valence-electron chi connectivity index (χ0n) is 16.8. The van der Waals surface area contributed by atoms with Crippen molar-refractivity contribution in [3.05, 3.63) is 96.1 Å². The minimum absolute atomic E-state index is 0.131. The summed E-state index contributed by atoms with van der Waals surface area (Å²) in [6.07, 6.45) is 12.9. The lowest BCUT2D eigenvalue weighted by molar-refractivity contribution is -0.112. The van der Waals surface area contributed by atoms with Crippen LogP contribution in [-0.4, -0.2) is 35.3 Å². The molecule has 0 saturated heterocycles. The van der Waals surface area contributed by atoms with Crippen molar-refractivity contribution in [1.82, 2.24) is 29.5 Å². The molecule has 0 atom stereocenters. The van der Waals surface area contributed by atoms with Gasteiger partial charge in [-0.15, -0.1) is 0 Å². The summed E-state index contributed by atoms with van der Waals surface area (Å²) in [5.74, 6) is 0.131. The van der Waals surface area contributed by atoms with Gasteiger partial charge in [0.15, 0.2) is 5.78 Å². The number of hydrogen-bond acceptors (Lipinski definition) is 5. The topological polar surface area (TPSA) is 78.5 Å². The van der Waals surface area contributed by atoms with E-state index in [1.165, 1.54) is 12.7 Å². The molecule has 1 aliphatic rings. The normalized spacial score (nSPS) is 16.8. The van der Waals surface area contributed by atoms with Gasteiger partial charge in [0.05, 0.1) is 11.4 Å². The van der Waals surface area contributed by atoms with Gasteiger partial charge in [0.2, 0.25) is 0 Å². The molecule has 0 bridgehead atoms. The van der Waals surface area contributed by atoms with E-state index < -0.39 is 0 Å². The molecule has 0 radical (unpaired) electrons. The number of benzene rings is 2. The number of hydrogen-bond donors (Lipinski definition) is 0. The maximum Gasteiger partial charge on any atom is 0.185 e. The Kier molecular flexibility index (Phi) is 5.06. The van der Waals surface area contributed by atoms with Crippen LogP contribution in [0.4, 0.5) is 0 Å². The molecule has 2 aromatic heterocycles. The highest BCUT2D eigenvalue weighted by Crippen LogP contribution is 2.28. The lowest BCUT2D eigenvalue weighted by atomic mass is 9.87. The van der Waals surface area contributed by atoms with Gasteiger partial charge in [-0.05, 0) is 66.8 Å². The number of aromatic nitrogens is 6. The van der Waals surface area contributed by atoms with Gasteiger partial charge in [-0.25, -0.2) is 19.3 Å². The zero-order valence-corrected chi connectivity index (χ0v) is 16.8. The third-order valence-corrected chi connectivity index (χ3v) is 5.31. The van der Waals surface area contributed by atoms with Gasteiger partial charge >= 0.3 is 0 Å². The highest BCUT2D eigenvalue weighted by Gasteiger charge is 2.20. The van der Waals surface area contributed by atoms with Crippen molar-refractivity contribution in [2.45, 2.75) is 19.3 Å². The lowest BCUT2D eigenvalue weighted by Gasteiger charge is -2.16. The van der Waals surface area contributed by atoms with Crippen LogP contribution in [-0.2, 0) is 4.79 Å². The summed E-state index contributed by atoms with van der Waals surface area (Å²) < 4.78 is 3.41. The quantitative estimate of drug-likeness (QED) is 0.476. The highest BCUT2D eigenvalue weighted by atomic mass is 16.1. The zero-order chi connectivity index (χ0) is 21.0. The fourth-order valence-electron chi connectivity index (χ4n) is 3.71. The molecule has 2 aromatic carbocycles. The van der Waals surface area contributed by atoms with Crippen LogP contribution in [0.2, 0.25) is 0 Å². The van der Waals surface area contributed by atoms with Gasteiger partial charge in [0.25, 0.3) is 0 Å². The molecule has 0 amide bonds. The Labute approximate surface area is 179 Å². The summed E-state index contributed by atoms with van der Waals surface area (Å²) in [6.45, 7) is 0. The fraction of sp³-hybridized carbons (Fsp3) is 0.125. The molecule has 0 N–H and O–H groups in total. The van der Waals surface area contributed by atoms with Crippen molar-refractivity contribution in [3.63, 3.8) is 0 Å². The van der Waals surface area contributed by atoms with Crippen LogP contribution in [0.15, 0.2) is 85.0 Å². The highest BCUT2D eigenvalue weighted by molar-refractivity contribution is 6.13. The Morgan fingerprint density at radius 2 is 1.13 bits per heavy atom. The monoisotopic (exact) mass is 408 g/mol. The van der Waals surface area contributed by atoms with Crippen molar-refractivity contribution in [2.75, 3.05) is 0 Å². The second kappa shape index (κ2) is 8.31. The summed E-state index contributed by atoms with van der Waals surface area (Å²) >= 11 is 0. The Balaban J connectivity index is 1.34. The molecule has 0 unspecified atom stereocenters. The maximum absolute atomic E-state index is 13.1. The summed E-state index contributed by atoms with van der Waals surface area (Å²) in [5.41, 5.74) is 5.58. The van der Waals surface area contributed by atoms with E-state index in [2.05, 4.69) is 20.2 Å². The van der Waals surface area contributed by atoms with Crippen LogP contribution >= 0.6 is 0 Å². The number of Topliss-reactive ketones (excluding diaryl/α,β-unsaturated/α-hetero) is 1. The van der Waals surface area contributed by atoms with E-state index in [4.69, 9.17) is 0 Å². The number of carbonyl (C=O) groups is 1. The molecular weight excluding hydrogens is 388 g/mol. The van der Waals surface area contributed by atoms with Crippen LogP contribution in [0.1, 0.15) is 30.4 Å². The molecule has 1 saturated carbocycles. The van der Waals surface area contributed by atoms with E-state index in [1.807, 2.05) is 60.7 Å². The number of allylic oxidation sites excluding steroid dienone is 2. The summed E-state index contributed by atoms with van der Waals surface area (Å²) in [5, 5.41) is 8.27. The van der Waals surface area contributed by atoms with Gasteiger partial charge in [-0.2, -0.15) is 10.2 Å². The first-order chi connectivity index (χ1) is 15.3. The third-order valence-electron chi connectivity index (χ3n) is 5.31. The predicted molar refractivity (Wildman–Crippen MR) is 118 cm³/mol. The molecule has 7 heteroatoms. The van der Waals surface area contributed by atoms with Crippen LogP contribution in [0.25, 0.3) is 23.5 Å². The molecular formula is C24H20N6O. The SMILES string of the molecule is O=C1C(=Cc2ccc(-n3cncn3)cc2)CCCC1=Cc1ccc(-n2cncn2)cc1. The Morgan fingerprint density at radius 1 is 0.677 bits per heavy atom. The van der Waals surface area contributed by atoms with Crippen LogP contribution in [0.5, 0.6) is 0 Å². The fourth-order valence-corrected chi connectivity index (χ4v) is 3.71. The van der Waals surface area contributed by atoms with E-state index in [0.29, 0.717) is 0 Å². The molecule has 1 aliphatic carbocycles. The van der Waals surface area contributed by atoms with Crippen molar-refractivity contribution in [3.8, 4) is 11.4 Å². The van der Waals surface area contributed by atoms with Crippen LogP contribution < -0.4 is 0 Å². The second-order valence-corrected chi connectivity index (χ2v) is 7.38. The standard InChI is InChI=1S/C24H20N6O/c31-24-20(12-18-4-8-22(9-5-18)29-16-25-14-27-29)2-1-3-21(24)13-19-6-10-23(11-7-19)30-17-26-15-28-30/h4-17H,1-3H2. The molecule has 31 heavy (non-hydrogen) atoms. The maximum atomic E-state index is 13.1. The average Bonchev–Trinajstić information content (AvgIpc) is 3.52. The van der Waals surface area contributed by atoms with E-state index in [0.717, 1.165) is 52.9 Å². The van der Waals surface area contributed by atoms with E-state index in [9.17, 15) is 4.79 Å². The first kappa shape index (κ1) is 18.9. The van der Waals surface area contributed by atoms with Crippen molar-refractivity contribution in [2.24, 2.45) is 0 Å². The predicted octanol–water partition coefficient (Wildman–Crippen LogP) is 4.07. The Hall–Kier alpha value is -4.13. The summed E-state index contributed by atoms with van der Waals surface area (Å²) in [7, 11) is 0. The number of ketones is 1.